The van der Waals surface area contributed by atoms with Crippen LogP contribution in [0.1, 0.15) is 43.2 Å². The Morgan fingerprint density at radius 2 is 1.66 bits per heavy atom. The number of para-hydroxylation sites is 1. The quantitative estimate of drug-likeness (QED) is 0.616. The van der Waals surface area contributed by atoms with Gasteiger partial charge in [-0.05, 0) is 50.6 Å². The van der Waals surface area contributed by atoms with E-state index in [1.807, 2.05) is 49.4 Å². The Hall–Kier alpha value is -2.86. The molecule has 0 heterocycles. The molecule has 3 rings (SSSR count). The van der Waals surface area contributed by atoms with E-state index in [0.29, 0.717) is 6.04 Å². The molecule has 1 aliphatic carbocycles. The second-order valence-corrected chi connectivity index (χ2v) is 8.88. The standard InChI is InChI=1S/C26H36N4O2/c1-20-13-15-22(16-14-20)28-25(31)19-30(3)26(32)17-27-24-12-8-7-9-21(24)18-29(2)23-10-5-4-6-11-23/h7-9,12-16,23,27H,4-6,10-11,17-19H2,1-3H3,(H,28,31). The fourth-order valence-electron chi connectivity index (χ4n) is 4.20. The zero-order valence-corrected chi connectivity index (χ0v) is 19.6. The summed E-state index contributed by atoms with van der Waals surface area (Å²) in [6.07, 6.45) is 6.50. The molecule has 0 aromatic heterocycles. The highest BCUT2D eigenvalue weighted by Crippen LogP contribution is 2.24. The van der Waals surface area contributed by atoms with Crippen molar-refractivity contribution in [2.75, 3.05) is 37.8 Å². The fourth-order valence-corrected chi connectivity index (χ4v) is 4.20. The second kappa shape index (κ2) is 11.7. The maximum atomic E-state index is 12.6. The molecule has 6 heteroatoms. The van der Waals surface area contributed by atoms with Gasteiger partial charge in [0.2, 0.25) is 11.8 Å². The molecule has 0 aliphatic heterocycles. The van der Waals surface area contributed by atoms with E-state index in [1.165, 1.54) is 42.6 Å². The third-order valence-corrected chi connectivity index (χ3v) is 6.21. The van der Waals surface area contributed by atoms with Crippen molar-refractivity contribution in [3.8, 4) is 0 Å². The molecule has 0 unspecified atom stereocenters. The van der Waals surface area contributed by atoms with Gasteiger partial charge in [-0.25, -0.2) is 0 Å². The van der Waals surface area contributed by atoms with Crippen molar-refractivity contribution in [3.63, 3.8) is 0 Å². The highest BCUT2D eigenvalue weighted by molar-refractivity contribution is 5.95. The van der Waals surface area contributed by atoms with Gasteiger partial charge in [-0.1, -0.05) is 55.2 Å². The molecule has 6 nitrogen and oxygen atoms in total. The van der Waals surface area contributed by atoms with Gasteiger partial charge in [0.25, 0.3) is 0 Å². The number of hydrogen-bond donors (Lipinski definition) is 2. The monoisotopic (exact) mass is 436 g/mol. The van der Waals surface area contributed by atoms with Gasteiger partial charge in [-0.15, -0.1) is 0 Å². The topological polar surface area (TPSA) is 64.7 Å². The summed E-state index contributed by atoms with van der Waals surface area (Å²) in [6, 6.07) is 16.4. The molecule has 172 valence electrons. The number of carbonyl (C=O) groups excluding carboxylic acids is 2. The van der Waals surface area contributed by atoms with Crippen LogP contribution in [0.3, 0.4) is 0 Å². The van der Waals surface area contributed by atoms with E-state index >= 15 is 0 Å². The molecule has 0 atom stereocenters. The number of aryl methyl sites for hydroxylation is 1. The molecule has 1 fully saturated rings. The molecule has 32 heavy (non-hydrogen) atoms. The van der Waals surface area contributed by atoms with Gasteiger partial charge >= 0.3 is 0 Å². The molecule has 2 amide bonds. The number of hydrogen-bond acceptors (Lipinski definition) is 4. The van der Waals surface area contributed by atoms with Crippen LogP contribution in [0.5, 0.6) is 0 Å². The van der Waals surface area contributed by atoms with Crippen LogP contribution in [-0.2, 0) is 16.1 Å². The smallest absolute Gasteiger partial charge is 0.243 e. The Morgan fingerprint density at radius 1 is 0.969 bits per heavy atom. The highest BCUT2D eigenvalue weighted by Gasteiger charge is 2.19. The lowest BCUT2D eigenvalue weighted by atomic mass is 9.94. The molecule has 0 radical (unpaired) electrons. The molecular weight excluding hydrogens is 400 g/mol. The van der Waals surface area contributed by atoms with Crippen LogP contribution in [0.15, 0.2) is 48.5 Å². The van der Waals surface area contributed by atoms with E-state index in [0.717, 1.165) is 23.5 Å². The Balaban J connectivity index is 1.49. The zero-order valence-electron chi connectivity index (χ0n) is 19.6. The summed E-state index contributed by atoms with van der Waals surface area (Å²) in [6.45, 7) is 3.02. The minimum Gasteiger partial charge on any atom is -0.376 e. The van der Waals surface area contributed by atoms with E-state index in [1.54, 1.807) is 7.05 Å². The lowest BCUT2D eigenvalue weighted by molar-refractivity contribution is -0.131. The first-order valence-electron chi connectivity index (χ1n) is 11.5. The molecule has 2 N–H and O–H groups in total. The molecule has 0 spiro atoms. The van der Waals surface area contributed by atoms with Crippen molar-refractivity contribution < 1.29 is 9.59 Å². The lowest BCUT2D eigenvalue weighted by Crippen LogP contribution is -2.38. The summed E-state index contributed by atoms with van der Waals surface area (Å²) in [4.78, 5) is 28.8. The Labute approximate surface area is 192 Å². The zero-order chi connectivity index (χ0) is 22.9. The molecule has 0 saturated heterocycles. The summed E-state index contributed by atoms with van der Waals surface area (Å²) in [5.74, 6) is -0.335. The van der Waals surface area contributed by atoms with E-state index in [-0.39, 0.29) is 24.9 Å². The summed E-state index contributed by atoms with van der Waals surface area (Å²) in [7, 11) is 3.85. The first kappa shape index (κ1) is 23.8. The predicted octanol–water partition coefficient (Wildman–Crippen LogP) is 4.27. The summed E-state index contributed by atoms with van der Waals surface area (Å²) >= 11 is 0. The summed E-state index contributed by atoms with van der Waals surface area (Å²) in [5, 5.41) is 6.11. The van der Waals surface area contributed by atoms with Gasteiger partial charge in [0.05, 0.1) is 13.1 Å². The van der Waals surface area contributed by atoms with Gasteiger partial charge in [0, 0.05) is 31.0 Å². The van der Waals surface area contributed by atoms with Gasteiger partial charge in [-0.3, -0.25) is 14.5 Å². The van der Waals surface area contributed by atoms with Crippen molar-refractivity contribution in [2.45, 2.75) is 51.6 Å². The number of carbonyl (C=O) groups is 2. The number of amides is 2. The van der Waals surface area contributed by atoms with Crippen molar-refractivity contribution in [2.24, 2.45) is 0 Å². The minimum atomic E-state index is -0.209. The van der Waals surface area contributed by atoms with Crippen LogP contribution in [0.25, 0.3) is 0 Å². The van der Waals surface area contributed by atoms with E-state index in [4.69, 9.17) is 0 Å². The van der Waals surface area contributed by atoms with E-state index in [9.17, 15) is 9.59 Å². The SMILES string of the molecule is Cc1ccc(NC(=O)CN(C)C(=O)CNc2ccccc2CN(C)C2CCCCC2)cc1. The molecule has 0 bridgehead atoms. The van der Waals surface area contributed by atoms with Crippen LogP contribution >= 0.6 is 0 Å². The van der Waals surface area contributed by atoms with Crippen LogP contribution < -0.4 is 10.6 Å². The normalized spacial score (nSPS) is 14.2. The molecule has 2 aromatic rings. The van der Waals surface area contributed by atoms with Crippen molar-refractivity contribution in [3.05, 3.63) is 59.7 Å². The van der Waals surface area contributed by atoms with Crippen molar-refractivity contribution in [1.82, 2.24) is 9.80 Å². The molecule has 1 aliphatic rings. The van der Waals surface area contributed by atoms with Crippen molar-refractivity contribution >= 4 is 23.2 Å². The minimum absolute atomic E-state index is 0.0143. The number of nitrogens with one attached hydrogen (secondary N) is 2. The summed E-state index contributed by atoms with van der Waals surface area (Å²) in [5.41, 5.74) is 4.02. The number of likely N-dealkylation sites (N-methyl/N-ethyl adjacent to an activating group) is 1. The lowest BCUT2D eigenvalue weighted by Gasteiger charge is -2.31. The van der Waals surface area contributed by atoms with Gasteiger partial charge < -0.3 is 15.5 Å². The van der Waals surface area contributed by atoms with Gasteiger partial charge in [0.1, 0.15) is 0 Å². The van der Waals surface area contributed by atoms with E-state index < -0.39 is 0 Å². The number of anilines is 2. The highest BCUT2D eigenvalue weighted by atomic mass is 16.2. The Kier molecular flexibility index (Phi) is 8.68. The first-order chi connectivity index (χ1) is 15.4. The fraction of sp³-hybridized carbons (Fsp3) is 0.462. The Bertz CT molecular complexity index is 891. The maximum absolute atomic E-state index is 12.6. The number of rotatable bonds is 9. The largest absolute Gasteiger partial charge is 0.376 e. The molecule has 1 saturated carbocycles. The first-order valence-corrected chi connectivity index (χ1v) is 11.5. The van der Waals surface area contributed by atoms with Crippen LogP contribution in [0.4, 0.5) is 11.4 Å². The molecule has 2 aromatic carbocycles. The summed E-state index contributed by atoms with van der Waals surface area (Å²) < 4.78 is 0. The maximum Gasteiger partial charge on any atom is 0.243 e. The average molecular weight is 437 g/mol. The second-order valence-electron chi connectivity index (χ2n) is 8.88. The van der Waals surface area contributed by atoms with Gasteiger partial charge in [-0.2, -0.15) is 0 Å². The van der Waals surface area contributed by atoms with Crippen LogP contribution in [0, 0.1) is 6.92 Å². The number of benzene rings is 2. The third-order valence-electron chi connectivity index (χ3n) is 6.21. The van der Waals surface area contributed by atoms with Gasteiger partial charge in [0.15, 0.2) is 0 Å². The third kappa shape index (κ3) is 7.09. The average Bonchev–Trinajstić information content (AvgIpc) is 2.80. The van der Waals surface area contributed by atoms with Crippen LogP contribution in [-0.4, -0.2) is 54.8 Å². The Morgan fingerprint density at radius 3 is 2.38 bits per heavy atom. The number of nitrogens with zero attached hydrogens (tertiary/aromatic N) is 2. The molecular formula is C26H36N4O2. The van der Waals surface area contributed by atoms with E-state index in [2.05, 4.69) is 28.6 Å². The van der Waals surface area contributed by atoms with Crippen molar-refractivity contribution in [1.29, 1.82) is 0 Å². The predicted molar refractivity (Wildman–Crippen MR) is 131 cm³/mol. The van der Waals surface area contributed by atoms with Crippen LogP contribution in [0.2, 0.25) is 0 Å².